The monoisotopic (exact) mass is 665 g/mol. The maximum atomic E-state index is 14.3. The van der Waals surface area contributed by atoms with Crippen molar-refractivity contribution < 1.29 is 32.7 Å². The summed E-state index contributed by atoms with van der Waals surface area (Å²) in [6.45, 7) is -0.0734. The van der Waals surface area contributed by atoms with Gasteiger partial charge in [-0.15, -0.1) is 11.3 Å². The fourth-order valence-corrected chi connectivity index (χ4v) is 8.05. The standard InChI is InChI=1S/C29H29Cl2N3O7S2/c1-43(39,40)33-22-8-4-5-9-23(22)34-26(20-12-10-16(30)14-21(20)31)25(18-6-2-3-7-19(18)28(34)36)27(35)32-41-15-17-11-13-24(42-17)29(37)38/h2-3,6-7,10-14,22-23,25-26,33H,4-5,8-9,15H2,1H3,(H,32,35)(H,37,38)/t22-,23-,25+,26-/m0/s1. The Labute approximate surface area is 262 Å². The van der Waals surface area contributed by atoms with Crippen molar-refractivity contribution in [1.29, 1.82) is 0 Å². The number of carbonyl (C=O) groups is 3. The van der Waals surface area contributed by atoms with E-state index in [0.29, 0.717) is 39.4 Å². The van der Waals surface area contributed by atoms with Gasteiger partial charge in [0, 0.05) is 32.6 Å². The Kier molecular flexibility index (Phi) is 9.45. The molecule has 0 unspecified atom stereocenters. The second-order valence-corrected chi connectivity index (χ2v) is 14.4. The molecular formula is C29H29Cl2N3O7S2. The third kappa shape index (κ3) is 6.89. The van der Waals surface area contributed by atoms with Crippen molar-refractivity contribution in [3.8, 4) is 0 Å². The molecule has 0 saturated heterocycles. The number of carbonyl (C=O) groups excluding carboxylic acids is 2. The Balaban J connectivity index is 1.57. The number of amides is 2. The summed E-state index contributed by atoms with van der Waals surface area (Å²) in [5.41, 5.74) is 3.76. The van der Waals surface area contributed by atoms with Crippen molar-refractivity contribution in [2.75, 3.05) is 6.26 Å². The van der Waals surface area contributed by atoms with Gasteiger partial charge in [-0.2, -0.15) is 0 Å². The van der Waals surface area contributed by atoms with E-state index in [-0.39, 0.29) is 22.4 Å². The number of hydroxylamine groups is 1. The van der Waals surface area contributed by atoms with Crippen molar-refractivity contribution >= 4 is 62.3 Å². The van der Waals surface area contributed by atoms with Gasteiger partial charge in [0.2, 0.25) is 10.0 Å². The van der Waals surface area contributed by atoms with Crippen LogP contribution < -0.4 is 10.2 Å². The zero-order chi connectivity index (χ0) is 30.9. The van der Waals surface area contributed by atoms with Gasteiger partial charge < -0.3 is 10.0 Å². The van der Waals surface area contributed by atoms with Crippen LogP contribution in [0.1, 0.15) is 73.7 Å². The van der Waals surface area contributed by atoms with Gasteiger partial charge in [0.25, 0.3) is 11.8 Å². The van der Waals surface area contributed by atoms with E-state index < -0.39 is 45.9 Å². The molecule has 43 heavy (non-hydrogen) atoms. The third-order valence-corrected chi connectivity index (χ3v) is 9.99. The van der Waals surface area contributed by atoms with Gasteiger partial charge in [0.1, 0.15) is 11.5 Å². The topological polar surface area (TPSA) is 142 Å². The molecule has 0 bridgehead atoms. The average Bonchev–Trinajstić information content (AvgIpc) is 3.42. The Morgan fingerprint density at radius 1 is 1.07 bits per heavy atom. The van der Waals surface area contributed by atoms with E-state index in [1.165, 1.54) is 12.1 Å². The fraction of sp³-hybridized carbons (Fsp3) is 0.345. The zero-order valence-electron chi connectivity index (χ0n) is 23.0. The third-order valence-electron chi connectivity index (χ3n) is 7.65. The minimum Gasteiger partial charge on any atom is -0.477 e. The van der Waals surface area contributed by atoms with Gasteiger partial charge in [0.05, 0.1) is 18.2 Å². The molecule has 10 nitrogen and oxygen atoms in total. The van der Waals surface area contributed by atoms with E-state index in [2.05, 4.69) is 10.2 Å². The lowest BCUT2D eigenvalue weighted by molar-refractivity contribution is -0.138. The molecule has 0 radical (unpaired) electrons. The first kappa shape index (κ1) is 31.4. The van der Waals surface area contributed by atoms with Crippen molar-refractivity contribution in [1.82, 2.24) is 15.1 Å². The number of benzene rings is 2. The summed E-state index contributed by atoms with van der Waals surface area (Å²) in [5.74, 6) is -2.95. The van der Waals surface area contributed by atoms with E-state index in [1.807, 2.05) is 0 Å². The number of carboxylic acids is 1. The highest BCUT2D eigenvalue weighted by Crippen LogP contribution is 2.47. The molecule has 2 amide bonds. The second kappa shape index (κ2) is 12.9. The fourth-order valence-electron chi connectivity index (χ4n) is 5.94. The number of aromatic carboxylic acids is 1. The Morgan fingerprint density at radius 3 is 2.51 bits per heavy atom. The molecule has 2 heterocycles. The number of thiophene rings is 1. The van der Waals surface area contributed by atoms with Gasteiger partial charge in [0.15, 0.2) is 0 Å². The number of nitrogens with one attached hydrogen (secondary N) is 2. The van der Waals surface area contributed by atoms with Crippen molar-refractivity contribution in [3.05, 3.63) is 91.1 Å². The molecular weight excluding hydrogens is 637 g/mol. The highest BCUT2D eigenvalue weighted by atomic mass is 35.5. The molecule has 228 valence electrons. The summed E-state index contributed by atoms with van der Waals surface area (Å²) in [6.07, 6.45) is 3.65. The Hall–Kier alpha value is -3.00. The van der Waals surface area contributed by atoms with Crippen LogP contribution in [0, 0.1) is 0 Å². The van der Waals surface area contributed by atoms with Crippen LogP contribution in [0.2, 0.25) is 10.0 Å². The van der Waals surface area contributed by atoms with Crippen LogP contribution >= 0.6 is 34.5 Å². The SMILES string of the molecule is CS(=O)(=O)N[C@H]1CCCC[C@@H]1N1C(=O)c2ccccc2[C@@H](C(=O)NOCc2ccc(C(=O)O)s2)[C@@H]1c1ccc(Cl)cc1Cl. The number of hydrogen-bond acceptors (Lipinski definition) is 7. The predicted octanol–water partition coefficient (Wildman–Crippen LogP) is 5.14. The van der Waals surface area contributed by atoms with Gasteiger partial charge in [-0.3, -0.25) is 14.4 Å². The first-order valence-electron chi connectivity index (χ1n) is 13.5. The summed E-state index contributed by atoms with van der Waals surface area (Å²) in [6, 6.07) is 12.6. The molecule has 4 atom stereocenters. The van der Waals surface area contributed by atoms with E-state index in [0.717, 1.165) is 30.4 Å². The molecule has 1 fully saturated rings. The van der Waals surface area contributed by atoms with Crippen LogP contribution in [0.15, 0.2) is 54.6 Å². The number of rotatable bonds is 9. The smallest absolute Gasteiger partial charge is 0.345 e. The summed E-state index contributed by atoms with van der Waals surface area (Å²) in [5, 5.41) is 9.82. The summed E-state index contributed by atoms with van der Waals surface area (Å²) in [4.78, 5) is 47.4. The maximum Gasteiger partial charge on any atom is 0.345 e. The molecule has 2 aliphatic rings. The van der Waals surface area contributed by atoms with Crippen LogP contribution in [0.5, 0.6) is 0 Å². The number of halogens is 2. The average molecular weight is 667 g/mol. The van der Waals surface area contributed by atoms with E-state index in [4.69, 9.17) is 28.0 Å². The van der Waals surface area contributed by atoms with E-state index in [1.54, 1.807) is 47.4 Å². The summed E-state index contributed by atoms with van der Waals surface area (Å²) in [7, 11) is -3.61. The number of carboxylic acid groups (broad SMARTS) is 1. The van der Waals surface area contributed by atoms with Crippen molar-refractivity contribution in [2.45, 2.75) is 56.3 Å². The lowest BCUT2D eigenvalue weighted by Gasteiger charge is -2.49. The van der Waals surface area contributed by atoms with Crippen LogP contribution in [-0.2, 0) is 26.3 Å². The number of nitrogens with zero attached hydrogens (tertiary/aromatic N) is 1. The van der Waals surface area contributed by atoms with Crippen LogP contribution in [-0.4, -0.2) is 54.5 Å². The first-order valence-corrected chi connectivity index (χ1v) is 17.0. The van der Waals surface area contributed by atoms with Gasteiger partial charge in [-0.1, -0.05) is 60.3 Å². The van der Waals surface area contributed by atoms with Gasteiger partial charge >= 0.3 is 5.97 Å². The molecule has 3 aromatic rings. The Bertz CT molecular complexity index is 1660. The maximum absolute atomic E-state index is 14.3. The molecule has 1 aliphatic heterocycles. The second-order valence-electron chi connectivity index (χ2n) is 10.6. The normalized spacial score (nSPS) is 22.2. The van der Waals surface area contributed by atoms with Gasteiger partial charge in [-0.25, -0.2) is 23.4 Å². The minimum atomic E-state index is -3.61. The number of hydrogen-bond donors (Lipinski definition) is 3. The van der Waals surface area contributed by atoms with Crippen molar-refractivity contribution in [3.63, 3.8) is 0 Å². The summed E-state index contributed by atoms with van der Waals surface area (Å²) >= 11 is 14.0. The molecule has 0 spiro atoms. The highest BCUT2D eigenvalue weighted by Gasteiger charge is 2.49. The van der Waals surface area contributed by atoms with Crippen LogP contribution in [0.3, 0.4) is 0 Å². The Morgan fingerprint density at radius 2 is 1.81 bits per heavy atom. The molecule has 3 N–H and O–H groups in total. The predicted molar refractivity (Wildman–Crippen MR) is 163 cm³/mol. The van der Waals surface area contributed by atoms with Crippen LogP contribution in [0.25, 0.3) is 0 Å². The van der Waals surface area contributed by atoms with Crippen molar-refractivity contribution in [2.24, 2.45) is 0 Å². The molecule has 14 heteroatoms. The largest absolute Gasteiger partial charge is 0.477 e. The first-order chi connectivity index (χ1) is 20.4. The molecule has 1 aliphatic carbocycles. The number of fused-ring (bicyclic) bond motifs is 1. The number of sulfonamides is 1. The quantitative estimate of drug-likeness (QED) is 0.269. The molecule has 5 rings (SSSR count). The van der Waals surface area contributed by atoms with Gasteiger partial charge in [-0.05, 0) is 54.3 Å². The van der Waals surface area contributed by atoms with Crippen LogP contribution in [0.4, 0.5) is 0 Å². The van der Waals surface area contributed by atoms with E-state index >= 15 is 0 Å². The lowest BCUT2D eigenvalue weighted by Crippen LogP contribution is -2.59. The molecule has 1 aromatic heterocycles. The highest BCUT2D eigenvalue weighted by molar-refractivity contribution is 7.88. The lowest BCUT2D eigenvalue weighted by atomic mass is 9.76. The summed E-state index contributed by atoms with van der Waals surface area (Å²) < 4.78 is 27.4. The zero-order valence-corrected chi connectivity index (χ0v) is 26.1. The molecule has 2 aromatic carbocycles. The molecule has 1 saturated carbocycles. The van der Waals surface area contributed by atoms with E-state index in [9.17, 15) is 27.9 Å². The minimum absolute atomic E-state index is 0.0734.